The van der Waals surface area contributed by atoms with Gasteiger partial charge in [0.2, 0.25) is 0 Å². The molecule has 1 fully saturated rings. The smallest absolute Gasteiger partial charge is 0.155 e. The minimum atomic E-state index is 0.722. The standard InChI is InChI=1S/C21H25N5/c1-2-4-19-14-20(6-5-18(19)3-1)25-11-9-24(10-12-25)15-17-7-8-26-21(13-17)22-16-23-26/h1-4,7-8,13,16,20H,5-6,9-12,14-15H2. The summed E-state index contributed by atoms with van der Waals surface area (Å²) in [4.78, 5) is 9.57. The fourth-order valence-electron chi connectivity index (χ4n) is 4.49. The predicted octanol–water partition coefficient (Wildman–Crippen LogP) is 2.40. The first-order valence-corrected chi connectivity index (χ1v) is 9.67. The first kappa shape index (κ1) is 16.0. The number of rotatable bonds is 3. The van der Waals surface area contributed by atoms with Gasteiger partial charge in [-0.1, -0.05) is 24.3 Å². The molecule has 5 rings (SSSR count). The molecule has 1 unspecified atom stereocenters. The fourth-order valence-corrected chi connectivity index (χ4v) is 4.49. The molecule has 26 heavy (non-hydrogen) atoms. The maximum absolute atomic E-state index is 4.29. The third kappa shape index (κ3) is 3.13. The van der Waals surface area contributed by atoms with Crippen LogP contribution >= 0.6 is 0 Å². The summed E-state index contributed by atoms with van der Waals surface area (Å²) in [5.74, 6) is 0. The molecule has 5 nitrogen and oxygen atoms in total. The van der Waals surface area contributed by atoms with Crippen LogP contribution < -0.4 is 0 Å². The van der Waals surface area contributed by atoms with E-state index in [4.69, 9.17) is 0 Å². The Bertz CT molecular complexity index is 894. The van der Waals surface area contributed by atoms with Crippen LogP contribution in [0.1, 0.15) is 23.1 Å². The Kier molecular flexibility index (Phi) is 4.19. The van der Waals surface area contributed by atoms with E-state index < -0.39 is 0 Å². The highest BCUT2D eigenvalue weighted by Crippen LogP contribution is 2.25. The molecule has 1 aliphatic heterocycles. The van der Waals surface area contributed by atoms with Crippen LogP contribution in [0, 0.1) is 0 Å². The van der Waals surface area contributed by atoms with E-state index >= 15 is 0 Å². The van der Waals surface area contributed by atoms with E-state index in [1.807, 2.05) is 10.7 Å². The molecule has 0 N–H and O–H groups in total. The van der Waals surface area contributed by atoms with Crippen LogP contribution in [0.3, 0.4) is 0 Å². The summed E-state index contributed by atoms with van der Waals surface area (Å²) in [5.41, 5.74) is 5.38. The molecule has 0 saturated carbocycles. The molecular formula is C21H25N5. The van der Waals surface area contributed by atoms with E-state index in [1.165, 1.54) is 37.9 Å². The third-order valence-electron chi connectivity index (χ3n) is 6.00. The van der Waals surface area contributed by atoms with Gasteiger partial charge in [0.1, 0.15) is 6.33 Å². The molecule has 1 atom stereocenters. The van der Waals surface area contributed by atoms with Crippen molar-refractivity contribution in [1.82, 2.24) is 24.4 Å². The van der Waals surface area contributed by atoms with Gasteiger partial charge in [-0.25, -0.2) is 9.50 Å². The molecule has 3 aromatic rings. The Morgan fingerprint density at radius 1 is 1.00 bits per heavy atom. The second kappa shape index (κ2) is 6.82. The summed E-state index contributed by atoms with van der Waals surface area (Å²) in [6.45, 7) is 5.66. The summed E-state index contributed by atoms with van der Waals surface area (Å²) in [5, 5.41) is 4.17. The molecule has 0 bridgehead atoms. The van der Waals surface area contributed by atoms with Crippen molar-refractivity contribution in [3.63, 3.8) is 0 Å². The Balaban J connectivity index is 1.19. The molecule has 1 saturated heterocycles. The van der Waals surface area contributed by atoms with E-state index in [0.717, 1.165) is 31.3 Å². The molecule has 0 radical (unpaired) electrons. The van der Waals surface area contributed by atoms with E-state index in [-0.39, 0.29) is 0 Å². The van der Waals surface area contributed by atoms with Crippen molar-refractivity contribution in [2.45, 2.75) is 31.8 Å². The first-order valence-electron chi connectivity index (χ1n) is 9.67. The van der Waals surface area contributed by atoms with E-state index in [0.29, 0.717) is 0 Å². The van der Waals surface area contributed by atoms with Gasteiger partial charge in [0.05, 0.1) is 0 Å². The van der Waals surface area contributed by atoms with Crippen LogP contribution in [0.15, 0.2) is 48.9 Å². The molecule has 2 aliphatic rings. The quantitative estimate of drug-likeness (QED) is 0.729. The molecule has 3 heterocycles. The highest BCUT2D eigenvalue weighted by atomic mass is 15.3. The normalized spacial score (nSPS) is 21.8. The van der Waals surface area contributed by atoms with Crippen molar-refractivity contribution in [2.75, 3.05) is 26.2 Å². The molecule has 1 aromatic carbocycles. The van der Waals surface area contributed by atoms with Gasteiger partial charge in [0, 0.05) is 45.0 Å². The number of hydrogen-bond donors (Lipinski definition) is 0. The number of hydrogen-bond acceptors (Lipinski definition) is 4. The van der Waals surface area contributed by atoms with Gasteiger partial charge >= 0.3 is 0 Å². The van der Waals surface area contributed by atoms with Gasteiger partial charge in [-0.15, -0.1) is 0 Å². The zero-order chi connectivity index (χ0) is 17.3. The molecule has 134 valence electrons. The lowest BCUT2D eigenvalue weighted by Crippen LogP contribution is -2.51. The van der Waals surface area contributed by atoms with Crippen molar-refractivity contribution in [2.24, 2.45) is 0 Å². The van der Waals surface area contributed by atoms with Gasteiger partial charge in [-0.2, -0.15) is 5.10 Å². The first-order chi connectivity index (χ1) is 12.8. The zero-order valence-electron chi connectivity index (χ0n) is 15.1. The van der Waals surface area contributed by atoms with Gasteiger partial charge in [-0.05, 0) is 48.1 Å². The summed E-state index contributed by atoms with van der Waals surface area (Å²) in [6, 6.07) is 14.0. The van der Waals surface area contributed by atoms with Crippen LogP contribution in [0.4, 0.5) is 0 Å². The lowest BCUT2D eigenvalue weighted by Gasteiger charge is -2.41. The summed E-state index contributed by atoms with van der Waals surface area (Å²) in [6.07, 6.45) is 7.38. The maximum Gasteiger partial charge on any atom is 0.155 e. The van der Waals surface area contributed by atoms with Crippen LogP contribution in [-0.4, -0.2) is 56.6 Å². The Morgan fingerprint density at radius 2 is 1.85 bits per heavy atom. The Labute approximate surface area is 154 Å². The van der Waals surface area contributed by atoms with Crippen molar-refractivity contribution in [3.8, 4) is 0 Å². The highest BCUT2D eigenvalue weighted by molar-refractivity contribution is 5.39. The van der Waals surface area contributed by atoms with Crippen LogP contribution in [0.25, 0.3) is 5.65 Å². The fraction of sp³-hybridized carbons (Fsp3) is 0.429. The summed E-state index contributed by atoms with van der Waals surface area (Å²) in [7, 11) is 0. The third-order valence-corrected chi connectivity index (χ3v) is 6.00. The van der Waals surface area contributed by atoms with Gasteiger partial charge in [-0.3, -0.25) is 9.80 Å². The number of aromatic nitrogens is 3. The van der Waals surface area contributed by atoms with Crippen LogP contribution in [0.2, 0.25) is 0 Å². The van der Waals surface area contributed by atoms with Crippen molar-refractivity contribution in [1.29, 1.82) is 0 Å². The van der Waals surface area contributed by atoms with Gasteiger partial charge in [0.25, 0.3) is 0 Å². The average molecular weight is 347 g/mol. The summed E-state index contributed by atoms with van der Waals surface area (Å²) >= 11 is 0. The SMILES string of the molecule is c1ccc2c(c1)CCC(N1CCN(Cc3ccn4ncnc4c3)CC1)C2. The molecule has 5 heteroatoms. The van der Waals surface area contributed by atoms with E-state index in [2.05, 4.69) is 56.3 Å². The summed E-state index contributed by atoms with van der Waals surface area (Å²) < 4.78 is 1.82. The molecular weight excluding hydrogens is 322 g/mol. The lowest BCUT2D eigenvalue weighted by molar-refractivity contribution is 0.0856. The lowest BCUT2D eigenvalue weighted by atomic mass is 9.87. The second-order valence-electron chi connectivity index (χ2n) is 7.58. The minimum Gasteiger partial charge on any atom is -0.298 e. The largest absolute Gasteiger partial charge is 0.298 e. The number of pyridine rings is 1. The Hall–Kier alpha value is -2.24. The van der Waals surface area contributed by atoms with E-state index in [9.17, 15) is 0 Å². The topological polar surface area (TPSA) is 36.7 Å². The second-order valence-corrected chi connectivity index (χ2v) is 7.58. The number of fused-ring (bicyclic) bond motifs is 2. The van der Waals surface area contributed by atoms with Gasteiger partial charge < -0.3 is 0 Å². The highest BCUT2D eigenvalue weighted by Gasteiger charge is 2.27. The van der Waals surface area contributed by atoms with Gasteiger partial charge in [0.15, 0.2) is 5.65 Å². The monoisotopic (exact) mass is 347 g/mol. The van der Waals surface area contributed by atoms with E-state index in [1.54, 1.807) is 17.5 Å². The van der Waals surface area contributed by atoms with Crippen molar-refractivity contribution < 1.29 is 0 Å². The molecule has 2 aromatic heterocycles. The predicted molar refractivity (Wildman–Crippen MR) is 102 cm³/mol. The Morgan fingerprint density at radius 3 is 2.73 bits per heavy atom. The van der Waals surface area contributed by atoms with Crippen LogP contribution in [0.5, 0.6) is 0 Å². The van der Waals surface area contributed by atoms with Crippen molar-refractivity contribution >= 4 is 5.65 Å². The average Bonchev–Trinajstić information content (AvgIpc) is 3.16. The minimum absolute atomic E-state index is 0.722. The van der Waals surface area contributed by atoms with Crippen LogP contribution in [-0.2, 0) is 19.4 Å². The molecule has 1 aliphatic carbocycles. The van der Waals surface area contributed by atoms with Crippen molar-refractivity contribution in [3.05, 3.63) is 65.6 Å². The molecule has 0 spiro atoms. The number of piperazine rings is 1. The maximum atomic E-state index is 4.29. The number of aryl methyl sites for hydroxylation is 1. The zero-order valence-corrected chi connectivity index (χ0v) is 15.1. The molecule has 0 amide bonds. The number of benzene rings is 1. The number of nitrogens with zero attached hydrogens (tertiary/aromatic N) is 5.